The fraction of sp³-hybridized carbons (Fsp3) is 0.150. The van der Waals surface area contributed by atoms with Crippen LogP contribution in [0.15, 0.2) is 48.7 Å². The molecule has 1 aromatic carbocycles. The second-order valence-corrected chi connectivity index (χ2v) is 6.89. The van der Waals surface area contributed by atoms with Crippen LogP contribution < -0.4 is 0 Å². The van der Waals surface area contributed by atoms with Crippen LogP contribution in [-0.4, -0.2) is 27.2 Å². The summed E-state index contributed by atoms with van der Waals surface area (Å²) in [6.07, 6.45) is 1.85. The normalized spacial score (nSPS) is 11.1. The largest absolute Gasteiger partial charge is 0.462 e. The molecule has 7 heteroatoms. The monoisotopic (exact) mass is 381 g/mol. The molecule has 0 amide bonds. The molecule has 3 heterocycles. The third-order valence-electron chi connectivity index (χ3n) is 4.15. The number of aromatic nitrogens is 3. The molecule has 0 aliphatic carbocycles. The van der Waals surface area contributed by atoms with E-state index in [1.54, 1.807) is 29.6 Å². The number of halogens is 1. The number of benzene rings is 1. The van der Waals surface area contributed by atoms with E-state index in [0.29, 0.717) is 10.7 Å². The zero-order valence-corrected chi connectivity index (χ0v) is 15.6. The average Bonchev–Trinajstić information content (AvgIpc) is 3.22. The summed E-state index contributed by atoms with van der Waals surface area (Å²) in [5, 5.41) is 5.10. The van der Waals surface area contributed by atoms with Crippen LogP contribution in [0, 0.1) is 12.7 Å². The molecule has 4 rings (SSSR count). The van der Waals surface area contributed by atoms with E-state index >= 15 is 0 Å². The van der Waals surface area contributed by atoms with Crippen molar-refractivity contribution in [1.29, 1.82) is 0 Å². The Morgan fingerprint density at radius 2 is 2.00 bits per heavy atom. The molecule has 5 nitrogen and oxygen atoms in total. The highest BCUT2D eigenvalue weighted by Crippen LogP contribution is 2.38. The Balaban J connectivity index is 1.95. The minimum absolute atomic E-state index is 0.235. The van der Waals surface area contributed by atoms with Gasteiger partial charge in [0.05, 0.1) is 29.1 Å². The summed E-state index contributed by atoms with van der Waals surface area (Å²) in [6, 6.07) is 12.0. The van der Waals surface area contributed by atoms with Crippen molar-refractivity contribution in [1.82, 2.24) is 14.6 Å². The molecule has 4 aromatic rings. The van der Waals surface area contributed by atoms with Gasteiger partial charge in [-0.15, -0.1) is 11.3 Å². The predicted octanol–water partition coefficient (Wildman–Crippen LogP) is 4.75. The first-order valence-corrected chi connectivity index (χ1v) is 9.29. The Morgan fingerprint density at radius 3 is 2.78 bits per heavy atom. The maximum absolute atomic E-state index is 14.4. The second-order valence-electron chi connectivity index (χ2n) is 5.89. The van der Waals surface area contributed by atoms with E-state index in [1.165, 1.54) is 17.4 Å². The van der Waals surface area contributed by atoms with Gasteiger partial charge in [-0.3, -0.25) is 0 Å². The van der Waals surface area contributed by atoms with Gasteiger partial charge in [-0.25, -0.2) is 18.7 Å². The number of fused-ring (bicyclic) bond motifs is 1. The van der Waals surface area contributed by atoms with Crippen molar-refractivity contribution in [2.45, 2.75) is 13.8 Å². The fourth-order valence-electron chi connectivity index (χ4n) is 2.98. The Labute approximate surface area is 159 Å². The lowest BCUT2D eigenvalue weighted by Gasteiger charge is -2.03. The molecule has 0 radical (unpaired) electrons. The smallest absolute Gasteiger partial charge is 0.350 e. The van der Waals surface area contributed by atoms with Gasteiger partial charge in [0.25, 0.3) is 0 Å². The van der Waals surface area contributed by atoms with Crippen LogP contribution >= 0.6 is 11.3 Å². The summed E-state index contributed by atoms with van der Waals surface area (Å²) < 4.78 is 21.3. The lowest BCUT2D eigenvalue weighted by Crippen LogP contribution is -2.04. The van der Waals surface area contributed by atoms with Gasteiger partial charge >= 0.3 is 5.97 Å². The van der Waals surface area contributed by atoms with Crippen LogP contribution in [0.5, 0.6) is 0 Å². The first-order chi connectivity index (χ1) is 13.1. The van der Waals surface area contributed by atoms with E-state index in [-0.39, 0.29) is 17.0 Å². The van der Waals surface area contributed by atoms with Crippen LogP contribution in [-0.2, 0) is 4.74 Å². The Morgan fingerprint density at radius 1 is 1.22 bits per heavy atom. The molecular weight excluding hydrogens is 365 g/mol. The van der Waals surface area contributed by atoms with E-state index in [0.717, 1.165) is 16.8 Å². The first-order valence-electron chi connectivity index (χ1n) is 8.47. The molecular formula is C20H16FN3O2S. The number of ether oxygens (including phenoxy) is 1. The van der Waals surface area contributed by atoms with Gasteiger partial charge in [0.1, 0.15) is 15.7 Å². The van der Waals surface area contributed by atoms with Crippen LogP contribution in [0.4, 0.5) is 4.39 Å². The van der Waals surface area contributed by atoms with Crippen LogP contribution in [0.25, 0.3) is 27.3 Å². The van der Waals surface area contributed by atoms with Crippen molar-refractivity contribution < 1.29 is 13.9 Å². The topological polar surface area (TPSA) is 56.5 Å². The summed E-state index contributed by atoms with van der Waals surface area (Å²) in [7, 11) is 0. The Kier molecular flexibility index (Phi) is 4.45. The number of hydrogen-bond donors (Lipinski definition) is 0. The molecule has 3 aromatic heterocycles. The predicted molar refractivity (Wildman–Crippen MR) is 102 cm³/mol. The Bertz CT molecular complexity index is 1150. The molecule has 0 bridgehead atoms. The quantitative estimate of drug-likeness (QED) is 0.479. The minimum Gasteiger partial charge on any atom is -0.462 e. The van der Waals surface area contributed by atoms with Gasteiger partial charge in [0, 0.05) is 11.8 Å². The van der Waals surface area contributed by atoms with E-state index in [9.17, 15) is 9.18 Å². The molecule has 0 aliphatic rings. The molecule has 0 aliphatic heterocycles. The van der Waals surface area contributed by atoms with Gasteiger partial charge in [0.15, 0.2) is 0 Å². The van der Waals surface area contributed by atoms with Gasteiger partial charge < -0.3 is 4.74 Å². The van der Waals surface area contributed by atoms with Gasteiger partial charge in [-0.2, -0.15) is 5.10 Å². The maximum atomic E-state index is 14.4. The molecule has 0 unspecified atom stereocenters. The third-order valence-corrected chi connectivity index (χ3v) is 5.20. The number of rotatable bonds is 4. The molecule has 136 valence electrons. The Hall–Kier alpha value is -3.06. The van der Waals surface area contributed by atoms with E-state index in [1.807, 2.05) is 31.3 Å². The van der Waals surface area contributed by atoms with Crippen molar-refractivity contribution >= 4 is 22.8 Å². The van der Waals surface area contributed by atoms with Crippen molar-refractivity contribution in [2.75, 3.05) is 6.61 Å². The lowest BCUT2D eigenvalue weighted by molar-refractivity contribution is 0.0532. The number of aryl methyl sites for hydroxylation is 1. The molecule has 0 fully saturated rings. The van der Waals surface area contributed by atoms with Crippen molar-refractivity contribution in [2.24, 2.45) is 0 Å². The number of pyridine rings is 1. The summed E-state index contributed by atoms with van der Waals surface area (Å²) in [5.74, 6) is -0.940. The third kappa shape index (κ3) is 3.00. The number of nitrogens with zero attached hydrogens (tertiary/aromatic N) is 3. The van der Waals surface area contributed by atoms with Crippen molar-refractivity contribution in [3.63, 3.8) is 0 Å². The van der Waals surface area contributed by atoms with Gasteiger partial charge in [0.2, 0.25) is 0 Å². The highest BCUT2D eigenvalue weighted by molar-refractivity contribution is 7.17. The van der Waals surface area contributed by atoms with Gasteiger partial charge in [-0.1, -0.05) is 18.2 Å². The molecule has 0 atom stereocenters. The molecule has 27 heavy (non-hydrogen) atoms. The summed E-state index contributed by atoms with van der Waals surface area (Å²) >= 11 is 1.19. The highest BCUT2D eigenvalue weighted by Gasteiger charge is 2.25. The lowest BCUT2D eigenvalue weighted by atomic mass is 10.1. The van der Waals surface area contributed by atoms with E-state index in [2.05, 4.69) is 10.1 Å². The van der Waals surface area contributed by atoms with Gasteiger partial charge in [-0.05, 0) is 38.1 Å². The SMILES string of the molecule is CCOC(=O)c1sc(-c2c(C)nn3ccccc23)nc1-c1ccccc1F. The number of carbonyl (C=O) groups excluding carboxylic acids is 1. The average molecular weight is 381 g/mol. The van der Waals surface area contributed by atoms with Crippen LogP contribution in [0.3, 0.4) is 0 Å². The highest BCUT2D eigenvalue weighted by atomic mass is 32.1. The van der Waals surface area contributed by atoms with Crippen LogP contribution in [0.1, 0.15) is 22.3 Å². The molecule has 0 N–H and O–H groups in total. The first kappa shape index (κ1) is 17.4. The molecule has 0 saturated heterocycles. The summed E-state index contributed by atoms with van der Waals surface area (Å²) in [6.45, 7) is 3.85. The number of hydrogen-bond acceptors (Lipinski definition) is 5. The number of esters is 1. The molecule has 0 saturated carbocycles. The molecule has 0 spiro atoms. The van der Waals surface area contributed by atoms with Crippen molar-refractivity contribution in [3.8, 4) is 21.8 Å². The summed E-state index contributed by atoms with van der Waals surface area (Å²) in [4.78, 5) is 17.4. The zero-order chi connectivity index (χ0) is 19.0. The number of thiazole rings is 1. The number of carbonyl (C=O) groups is 1. The van der Waals surface area contributed by atoms with Crippen molar-refractivity contribution in [3.05, 3.63) is 65.0 Å². The summed E-state index contributed by atoms with van der Waals surface area (Å²) in [5.41, 5.74) is 3.05. The van der Waals surface area contributed by atoms with E-state index < -0.39 is 11.8 Å². The fourth-order valence-corrected chi connectivity index (χ4v) is 4.06. The maximum Gasteiger partial charge on any atom is 0.350 e. The minimum atomic E-state index is -0.506. The second kappa shape index (κ2) is 6.92. The zero-order valence-electron chi connectivity index (χ0n) is 14.8. The van der Waals surface area contributed by atoms with Crippen LogP contribution in [0.2, 0.25) is 0 Å². The standard InChI is InChI=1S/C20H16FN3O2S/c1-3-26-20(25)18-17(13-8-4-5-9-14(13)21)22-19(27-18)16-12(2)23-24-11-7-6-10-15(16)24/h4-11H,3H2,1-2H3. The van der Waals surface area contributed by atoms with E-state index in [4.69, 9.17) is 4.74 Å².